The monoisotopic (exact) mass is 232 g/mol. The Morgan fingerprint density at radius 2 is 1.41 bits per heavy atom. The molecule has 0 aliphatic rings. The SMILES string of the molecule is CCCCc1ccc(CCCC)c(CCC)c1. The molecule has 96 valence electrons. The first-order valence-electron chi connectivity index (χ1n) is 7.42. The van der Waals surface area contributed by atoms with Crippen LogP contribution >= 0.6 is 0 Å². The van der Waals surface area contributed by atoms with E-state index in [0.29, 0.717) is 0 Å². The maximum absolute atomic E-state index is 2.46. The van der Waals surface area contributed by atoms with E-state index in [0.717, 1.165) is 0 Å². The Labute approximate surface area is 107 Å². The van der Waals surface area contributed by atoms with Crippen LogP contribution in [-0.4, -0.2) is 0 Å². The largest absolute Gasteiger partial charge is 0.0654 e. The standard InChI is InChI=1S/C17H28/c1-4-7-10-15-12-13-16(11-8-5-2)17(14-15)9-6-3/h12-14H,4-11H2,1-3H3. The third-order valence-corrected chi connectivity index (χ3v) is 3.41. The van der Waals surface area contributed by atoms with Crippen LogP contribution in [0.3, 0.4) is 0 Å². The second-order valence-corrected chi connectivity index (χ2v) is 5.06. The summed E-state index contributed by atoms with van der Waals surface area (Å²) in [6, 6.07) is 7.19. The van der Waals surface area contributed by atoms with Crippen molar-refractivity contribution in [1.82, 2.24) is 0 Å². The number of benzene rings is 1. The van der Waals surface area contributed by atoms with Gasteiger partial charge in [-0.25, -0.2) is 0 Å². The fourth-order valence-electron chi connectivity index (χ4n) is 2.33. The predicted octanol–water partition coefficient (Wildman–Crippen LogP) is 5.32. The number of hydrogen-bond donors (Lipinski definition) is 0. The molecule has 0 amide bonds. The molecule has 0 bridgehead atoms. The van der Waals surface area contributed by atoms with Gasteiger partial charge < -0.3 is 0 Å². The maximum atomic E-state index is 2.46. The topological polar surface area (TPSA) is 0 Å². The lowest BCUT2D eigenvalue weighted by molar-refractivity contribution is 0.771. The first-order valence-corrected chi connectivity index (χ1v) is 7.42. The molecule has 0 radical (unpaired) electrons. The van der Waals surface area contributed by atoms with Gasteiger partial charge in [0.05, 0.1) is 0 Å². The van der Waals surface area contributed by atoms with Gasteiger partial charge in [0.1, 0.15) is 0 Å². The molecule has 0 N–H and O–H groups in total. The molecule has 0 unspecified atom stereocenters. The molecule has 0 aliphatic heterocycles. The van der Waals surface area contributed by atoms with Crippen molar-refractivity contribution in [2.75, 3.05) is 0 Å². The fraction of sp³-hybridized carbons (Fsp3) is 0.647. The Hall–Kier alpha value is -0.780. The first kappa shape index (κ1) is 14.3. The summed E-state index contributed by atoms with van der Waals surface area (Å²) in [6.45, 7) is 6.82. The molecule has 0 aliphatic carbocycles. The van der Waals surface area contributed by atoms with Crippen molar-refractivity contribution >= 4 is 0 Å². The van der Waals surface area contributed by atoms with E-state index >= 15 is 0 Å². The molecule has 1 aromatic rings. The molecule has 0 heteroatoms. The van der Waals surface area contributed by atoms with E-state index < -0.39 is 0 Å². The second-order valence-electron chi connectivity index (χ2n) is 5.06. The summed E-state index contributed by atoms with van der Waals surface area (Å²) < 4.78 is 0. The lowest BCUT2D eigenvalue weighted by Crippen LogP contribution is -1.97. The van der Waals surface area contributed by atoms with Gasteiger partial charge >= 0.3 is 0 Å². The quantitative estimate of drug-likeness (QED) is 0.568. The summed E-state index contributed by atoms with van der Waals surface area (Å²) >= 11 is 0. The van der Waals surface area contributed by atoms with Crippen LogP contribution in [0.15, 0.2) is 18.2 Å². The maximum Gasteiger partial charge on any atom is -0.0276 e. The summed E-state index contributed by atoms with van der Waals surface area (Å²) in [5, 5.41) is 0. The van der Waals surface area contributed by atoms with Crippen molar-refractivity contribution in [3.63, 3.8) is 0 Å². The van der Waals surface area contributed by atoms with E-state index in [1.54, 1.807) is 11.1 Å². The molecule has 1 aromatic carbocycles. The van der Waals surface area contributed by atoms with Crippen molar-refractivity contribution in [1.29, 1.82) is 0 Å². The highest BCUT2D eigenvalue weighted by Gasteiger charge is 2.03. The molecule has 17 heavy (non-hydrogen) atoms. The van der Waals surface area contributed by atoms with Gasteiger partial charge in [-0.2, -0.15) is 0 Å². The van der Waals surface area contributed by atoms with Gasteiger partial charge in [-0.15, -0.1) is 0 Å². The highest BCUT2D eigenvalue weighted by atomic mass is 14.1. The fourth-order valence-corrected chi connectivity index (χ4v) is 2.33. The molecule has 0 saturated carbocycles. The second kappa shape index (κ2) is 8.33. The smallest absolute Gasteiger partial charge is 0.0276 e. The normalized spacial score (nSPS) is 10.8. The summed E-state index contributed by atoms with van der Waals surface area (Å²) in [5.74, 6) is 0. The van der Waals surface area contributed by atoms with Gasteiger partial charge in [0, 0.05) is 0 Å². The number of unbranched alkanes of at least 4 members (excludes halogenated alkanes) is 2. The Bertz CT molecular complexity index is 312. The van der Waals surface area contributed by atoms with Crippen molar-refractivity contribution < 1.29 is 0 Å². The highest BCUT2D eigenvalue weighted by molar-refractivity contribution is 5.32. The van der Waals surface area contributed by atoms with E-state index in [4.69, 9.17) is 0 Å². The zero-order chi connectivity index (χ0) is 12.5. The number of rotatable bonds is 8. The average Bonchev–Trinajstić information content (AvgIpc) is 2.35. The van der Waals surface area contributed by atoms with Crippen LogP contribution in [0.1, 0.15) is 69.6 Å². The average molecular weight is 232 g/mol. The number of hydrogen-bond acceptors (Lipinski definition) is 0. The van der Waals surface area contributed by atoms with Gasteiger partial charge in [0.25, 0.3) is 0 Å². The van der Waals surface area contributed by atoms with Crippen LogP contribution in [0.25, 0.3) is 0 Å². The van der Waals surface area contributed by atoms with Gasteiger partial charge in [0.2, 0.25) is 0 Å². The lowest BCUT2D eigenvalue weighted by Gasteiger charge is -2.11. The van der Waals surface area contributed by atoms with Gasteiger partial charge in [0.15, 0.2) is 0 Å². The third-order valence-electron chi connectivity index (χ3n) is 3.41. The Morgan fingerprint density at radius 3 is 2.06 bits per heavy atom. The van der Waals surface area contributed by atoms with Crippen LogP contribution in [0.4, 0.5) is 0 Å². The third kappa shape index (κ3) is 4.93. The van der Waals surface area contributed by atoms with Crippen LogP contribution in [0.2, 0.25) is 0 Å². The molecular formula is C17H28. The zero-order valence-corrected chi connectivity index (χ0v) is 11.9. The van der Waals surface area contributed by atoms with Crippen LogP contribution in [0.5, 0.6) is 0 Å². The van der Waals surface area contributed by atoms with E-state index in [2.05, 4.69) is 39.0 Å². The zero-order valence-electron chi connectivity index (χ0n) is 11.9. The van der Waals surface area contributed by atoms with Gasteiger partial charge in [-0.1, -0.05) is 58.2 Å². The minimum absolute atomic E-state index is 1.25. The van der Waals surface area contributed by atoms with E-state index in [1.807, 2.05) is 0 Å². The molecule has 0 aromatic heterocycles. The molecule has 0 nitrogen and oxygen atoms in total. The van der Waals surface area contributed by atoms with Crippen LogP contribution in [-0.2, 0) is 19.3 Å². The van der Waals surface area contributed by atoms with Crippen molar-refractivity contribution in [2.24, 2.45) is 0 Å². The summed E-state index contributed by atoms with van der Waals surface area (Å²) in [7, 11) is 0. The van der Waals surface area contributed by atoms with Crippen LogP contribution in [0, 0.1) is 0 Å². The number of aryl methyl sites for hydroxylation is 3. The summed E-state index contributed by atoms with van der Waals surface area (Å²) in [5.41, 5.74) is 4.74. The van der Waals surface area contributed by atoms with E-state index in [-0.39, 0.29) is 0 Å². The van der Waals surface area contributed by atoms with Crippen molar-refractivity contribution in [3.05, 3.63) is 34.9 Å². The molecule has 0 atom stereocenters. The molecule has 0 fully saturated rings. The minimum Gasteiger partial charge on any atom is -0.0654 e. The Morgan fingerprint density at radius 1 is 0.706 bits per heavy atom. The summed E-state index contributed by atoms with van der Waals surface area (Å²) in [6.07, 6.45) is 10.3. The van der Waals surface area contributed by atoms with Gasteiger partial charge in [-0.05, 0) is 48.8 Å². The molecule has 0 spiro atoms. The molecular weight excluding hydrogens is 204 g/mol. The Balaban J connectivity index is 2.75. The van der Waals surface area contributed by atoms with E-state index in [9.17, 15) is 0 Å². The predicted molar refractivity (Wildman–Crippen MR) is 77.7 cm³/mol. The van der Waals surface area contributed by atoms with Gasteiger partial charge in [-0.3, -0.25) is 0 Å². The highest BCUT2D eigenvalue weighted by Crippen LogP contribution is 2.18. The molecule has 0 heterocycles. The molecule has 1 rings (SSSR count). The minimum atomic E-state index is 1.25. The van der Waals surface area contributed by atoms with Crippen LogP contribution < -0.4 is 0 Å². The lowest BCUT2D eigenvalue weighted by atomic mass is 9.95. The molecule has 0 saturated heterocycles. The van der Waals surface area contributed by atoms with E-state index in [1.165, 1.54) is 56.9 Å². The summed E-state index contributed by atoms with van der Waals surface area (Å²) in [4.78, 5) is 0. The first-order chi connectivity index (χ1) is 8.31. The Kier molecular flexibility index (Phi) is 7.00. The van der Waals surface area contributed by atoms with Crippen molar-refractivity contribution in [3.8, 4) is 0 Å². The van der Waals surface area contributed by atoms with Crippen molar-refractivity contribution in [2.45, 2.75) is 72.1 Å².